The highest BCUT2D eigenvalue weighted by atomic mass is 35.5. The van der Waals surface area contributed by atoms with Crippen molar-refractivity contribution in [2.45, 2.75) is 66.1 Å². The lowest BCUT2D eigenvalue weighted by Gasteiger charge is -2.30. The first-order valence-corrected chi connectivity index (χ1v) is 11.0. The smallest absolute Gasteiger partial charge is 0.242 e. The van der Waals surface area contributed by atoms with Gasteiger partial charge in [0.1, 0.15) is 6.04 Å². The molecule has 0 bridgehead atoms. The van der Waals surface area contributed by atoms with Gasteiger partial charge in [-0.3, -0.25) is 9.59 Å². The van der Waals surface area contributed by atoms with E-state index in [1.165, 1.54) is 0 Å². The Balaban J connectivity index is 2.30. The molecule has 30 heavy (non-hydrogen) atoms. The Morgan fingerprint density at radius 3 is 2.23 bits per heavy atom. The van der Waals surface area contributed by atoms with E-state index < -0.39 is 6.04 Å². The molecule has 0 radical (unpaired) electrons. The van der Waals surface area contributed by atoms with Gasteiger partial charge in [-0.1, -0.05) is 65.5 Å². The second-order valence-electron chi connectivity index (χ2n) is 7.92. The Bertz CT molecular complexity index is 894. The maximum Gasteiger partial charge on any atom is 0.242 e. The van der Waals surface area contributed by atoms with Crippen LogP contribution in [0.2, 0.25) is 10.0 Å². The molecule has 0 aliphatic heterocycles. The molecule has 0 aromatic heterocycles. The average molecular weight is 449 g/mol. The Morgan fingerprint density at radius 1 is 1.03 bits per heavy atom. The highest BCUT2D eigenvalue weighted by molar-refractivity contribution is 6.35. The minimum absolute atomic E-state index is 0.0374. The van der Waals surface area contributed by atoms with Crippen molar-refractivity contribution in [3.63, 3.8) is 0 Å². The van der Waals surface area contributed by atoms with Gasteiger partial charge in [-0.2, -0.15) is 0 Å². The molecule has 0 aliphatic carbocycles. The highest BCUT2D eigenvalue weighted by Crippen LogP contribution is 2.24. The van der Waals surface area contributed by atoms with Gasteiger partial charge >= 0.3 is 0 Å². The van der Waals surface area contributed by atoms with E-state index in [9.17, 15) is 9.59 Å². The quantitative estimate of drug-likeness (QED) is 0.580. The fourth-order valence-corrected chi connectivity index (χ4v) is 3.80. The van der Waals surface area contributed by atoms with Gasteiger partial charge < -0.3 is 10.2 Å². The first-order valence-electron chi connectivity index (χ1n) is 10.2. The van der Waals surface area contributed by atoms with Crippen molar-refractivity contribution in [2.24, 2.45) is 0 Å². The first-order chi connectivity index (χ1) is 14.1. The van der Waals surface area contributed by atoms with Crippen molar-refractivity contribution in [1.82, 2.24) is 10.2 Å². The van der Waals surface area contributed by atoms with Crippen LogP contribution in [0.5, 0.6) is 0 Å². The normalized spacial score (nSPS) is 12.9. The number of carbonyl (C=O) groups excluding carboxylic acids is 2. The van der Waals surface area contributed by atoms with Crippen molar-refractivity contribution in [1.29, 1.82) is 0 Å². The van der Waals surface area contributed by atoms with Gasteiger partial charge in [-0.15, -0.1) is 0 Å². The summed E-state index contributed by atoms with van der Waals surface area (Å²) in [6, 6.07) is 10.7. The number of benzene rings is 2. The number of carbonyl (C=O) groups is 2. The van der Waals surface area contributed by atoms with E-state index in [2.05, 4.69) is 11.4 Å². The number of aryl methyl sites for hydroxylation is 2. The molecule has 0 saturated carbocycles. The molecule has 2 amide bonds. The molecule has 0 heterocycles. The fourth-order valence-electron chi connectivity index (χ4n) is 3.33. The van der Waals surface area contributed by atoms with Crippen molar-refractivity contribution in [2.75, 3.05) is 0 Å². The minimum Gasteiger partial charge on any atom is -0.352 e. The van der Waals surface area contributed by atoms with Crippen LogP contribution in [-0.2, 0) is 22.6 Å². The zero-order valence-electron chi connectivity index (χ0n) is 18.3. The molecule has 2 atom stereocenters. The molecule has 0 fully saturated rings. The van der Waals surface area contributed by atoms with Crippen LogP contribution in [0, 0.1) is 13.8 Å². The Kier molecular flexibility index (Phi) is 8.75. The van der Waals surface area contributed by atoms with Crippen molar-refractivity contribution < 1.29 is 9.59 Å². The second-order valence-corrected chi connectivity index (χ2v) is 8.77. The topological polar surface area (TPSA) is 49.4 Å². The van der Waals surface area contributed by atoms with Gasteiger partial charge in [0.05, 0.1) is 6.42 Å². The summed E-state index contributed by atoms with van der Waals surface area (Å²) < 4.78 is 0. The summed E-state index contributed by atoms with van der Waals surface area (Å²) in [5, 5.41) is 3.97. The Hall–Kier alpha value is -2.04. The number of nitrogens with one attached hydrogen (secondary N) is 1. The molecule has 0 unspecified atom stereocenters. The predicted molar refractivity (Wildman–Crippen MR) is 124 cm³/mol. The third-order valence-corrected chi connectivity index (χ3v) is 5.75. The maximum atomic E-state index is 13.3. The van der Waals surface area contributed by atoms with E-state index in [4.69, 9.17) is 23.2 Å². The summed E-state index contributed by atoms with van der Waals surface area (Å²) in [6.07, 6.45) is 1.03. The number of hydrogen-bond acceptors (Lipinski definition) is 2. The Labute approximate surface area is 189 Å². The van der Waals surface area contributed by atoms with Gasteiger partial charge in [0.2, 0.25) is 11.8 Å². The second kappa shape index (κ2) is 10.8. The zero-order chi connectivity index (χ0) is 22.4. The van der Waals surface area contributed by atoms with Crippen LogP contribution in [0.15, 0.2) is 36.4 Å². The van der Waals surface area contributed by atoms with Gasteiger partial charge in [-0.05, 0) is 57.4 Å². The number of halogens is 2. The summed E-state index contributed by atoms with van der Waals surface area (Å²) in [7, 11) is 0. The molecule has 0 saturated heterocycles. The highest BCUT2D eigenvalue weighted by Gasteiger charge is 2.27. The van der Waals surface area contributed by atoms with E-state index in [1.54, 1.807) is 30.0 Å². The molecule has 0 spiro atoms. The zero-order valence-corrected chi connectivity index (χ0v) is 19.8. The first kappa shape index (κ1) is 24.2. The minimum atomic E-state index is -0.635. The van der Waals surface area contributed by atoms with Crippen LogP contribution in [0.25, 0.3) is 0 Å². The third kappa shape index (κ3) is 6.75. The molecule has 0 aliphatic rings. The summed E-state index contributed by atoms with van der Waals surface area (Å²) in [5.41, 5.74) is 3.89. The van der Waals surface area contributed by atoms with Crippen molar-refractivity contribution in [3.05, 3.63) is 68.7 Å². The van der Waals surface area contributed by atoms with Crippen molar-refractivity contribution in [3.8, 4) is 0 Å². The molecule has 2 aromatic carbocycles. The molecular weight excluding hydrogens is 419 g/mol. The SMILES string of the molecule is CC[C@@H](C)NC(=O)[C@H](C)N(Cc1ccc(Cl)cc1Cl)C(=O)Cc1cc(C)cc(C)c1. The Morgan fingerprint density at radius 2 is 1.67 bits per heavy atom. The van der Waals surface area contributed by atoms with Crippen LogP contribution >= 0.6 is 23.2 Å². The molecule has 2 aromatic rings. The van der Waals surface area contributed by atoms with Gasteiger partial charge in [-0.25, -0.2) is 0 Å². The lowest BCUT2D eigenvalue weighted by molar-refractivity contribution is -0.140. The lowest BCUT2D eigenvalue weighted by atomic mass is 10.0. The van der Waals surface area contributed by atoms with Crippen LogP contribution in [0.3, 0.4) is 0 Å². The number of amides is 2. The van der Waals surface area contributed by atoms with Crippen LogP contribution in [0.1, 0.15) is 49.4 Å². The summed E-state index contributed by atoms with van der Waals surface area (Å²) >= 11 is 12.4. The standard InChI is InChI=1S/C24H30Cl2N2O2/c1-6-17(4)27-24(30)18(5)28(14-20-7-8-21(25)13-22(20)26)23(29)12-19-10-15(2)9-16(3)11-19/h7-11,13,17-18H,6,12,14H2,1-5H3,(H,27,30)/t17-,18+/m1/s1. The lowest BCUT2D eigenvalue weighted by Crippen LogP contribution is -2.50. The van der Waals surface area contributed by atoms with Gasteiger partial charge in [0.25, 0.3) is 0 Å². The molecule has 2 rings (SSSR count). The molecule has 162 valence electrons. The molecule has 4 nitrogen and oxygen atoms in total. The number of hydrogen-bond donors (Lipinski definition) is 1. The average Bonchev–Trinajstić information content (AvgIpc) is 2.65. The van der Waals surface area contributed by atoms with E-state index in [0.29, 0.717) is 10.0 Å². The third-order valence-electron chi connectivity index (χ3n) is 5.16. The molecular formula is C24H30Cl2N2O2. The largest absolute Gasteiger partial charge is 0.352 e. The van der Waals surface area contributed by atoms with Crippen LogP contribution in [-0.4, -0.2) is 28.8 Å². The predicted octanol–water partition coefficient (Wildman–Crippen LogP) is 5.48. The maximum absolute atomic E-state index is 13.3. The summed E-state index contributed by atoms with van der Waals surface area (Å²) in [5.74, 6) is -0.305. The van der Waals surface area contributed by atoms with E-state index in [1.807, 2.05) is 39.8 Å². The van der Waals surface area contributed by atoms with Crippen LogP contribution < -0.4 is 5.32 Å². The summed E-state index contributed by atoms with van der Waals surface area (Å²) in [6.45, 7) is 9.95. The van der Waals surface area contributed by atoms with Gasteiger partial charge in [0, 0.05) is 22.6 Å². The van der Waals surface area contributed by atoms with Crippen LogP contribution in [0.4, 0.5) is 0 Å². The fraction of sp³-hybridized carbons (Fsp3) is 0.417. The van der Waals surface area contributed by atoms with Crippen molar-refractivity contribution >= 4 is 35.0 Å². The number of nitrogens with zero attached hydrogens (tertiary/aromatic N) is 1. The van der Waals surface area contributed by atoms with E-state index in [-0.39, 0.29) is 30.8 Å². The molecule has 1 N–H and O–H groups in total. The van der Waals surface area contributed by atoms with E-state index >= 15 is 0 Å². The number of rotatable bonds is 8. The van der Waals surface area contributed by atoms with E-state index in [0.717, 1.165) is 28.7 Å². The van der Waals surface area contributed by atoms with Gasteiger partial charge in [0.15, 0.2) is 0 Å². The summed E-state index contributed by atoms with van der Waals surface area (Å²) in [4.78, 5) is 27.7. The monoisotopic (exact) mass is 448 g/mol. The molecule has 6 heteroatoms.